The molecule has 110 valence electrons. The van der Waals surface area contributed by atoms with Gasteiger partial charge in [-0.1, -0.05) is 6.07 Å². The lowest BCUT2D eigenvalue weighted by molar-refractivity contribution is -0.137. The van der Waals surface area contributed by atoms with E-state index in [1.807, 2.05) is 10.0 Å². The van der Waals surface area contributed by atoms with E-state index in [0.29, 0.717) is 5.56 Å². The highest BCUT2D eigenvalue weighted by Crippen LogP contribution is 2.15. The summed E-state index contributed by atoms with van der Waals surface area (Å²) in [7, 11) is -4.18. The fourth-order valence-electron chi connectivity index (χ4n) is 1.29. The van der Waals surface area contributed by atoms with Gasteiger partial charge in [-0.05, 0) is 24.6 Å². The van der Waals surface area contributed by atoms with Crippen molar-refractivity contribution in [2.75, 3.05) is 13.1 Å². The first-order valence-electron chi connectivity index (χ1n) is 5.46. The SMILES string of the molecule is Cc1ccc(F)c(S(=O)(=O)NCC(=O)NCC(=O)O)c1. The van der Waals surface area contributed by atoms with Gasteiger partial charge in [-0.15, -0.1) is 0 Å². The number of rotatable bonds is 6. The number of halogens is 1. The summed E-state index contributed by atoms with van der Waals surface area (Å²) < 4.78 is 38.9. The van der Waals surface area contributed by atoms with Crippen LogP contribution in [0.3, 0.4) is 0 Å². The van der Waals surface area contributed by atoms with Gasteiger partial charge in [-0.2, -0.15) is 0 Å². The molecule has 0 bridgehead atoms. The molecule has 1 aromatic rings. The van der Waals surface area contributed by atoms with E-state index in [1.54, 1.807) is 6.92 Å². The standard InChI is InChI=1S/C11H13FN2O5S/c1-7-2-3-8(12)9(4-7)20(18,19)14-5-10(15)13-6-11(16)17/h2-4,14H,5-6H2,1H3,(H,13,15)(H,16,17). The third kappa shape index (κ3) is 4.59. The minimum absolute atomic E-state index is 0.544. The van der Waals surface area contributed by atoms with Crippen molar-refractivity contribution in [1.29, 1.82) is 0 Å². The maximum atomic E-state index is 13.4. The van der Waals surface area contributed by atoms with Crippen LogP contribution in [0.1, 0.15) is 5.56 Å². The van der Waals surface area contributed by atoms with Gasteiger partial charge >= 0.3 is 5.97 Å². The molecule has 0 heterocycles. The van der Waals surface area contributed by atoms with Crippen LogP contribution in [0, 0.1) is 12.7 Å². The van der Waals surface area contributed by atoms with E-state index in [-0.39, 0.29) is 0 Å². The lowest BCUT2D eigenvalue weighted by atomic mass is 10.2. The predicted molar refractivity (Wildman–Crippen MR) is 67.0 cm³/mol. The van der Waals surface area contributed by atoms with E-state index in [9.17, 15) is 22.4 Å². The number of carboxylic acids is 1. The molecule has 0 aliphatic rings. The van der Waals surface area contributed by atoms with Gasteiger partial charge in [0.25, 0.3) is 0 Å². The molecular formula is C11H13FN2O5S. The van der Waals surface area contributed by atoms with Gasteiger partial charge in [0.2, 0.25) is 15.9 Å². The Kier molecular flexibility index (Phi) is 5.17. The summed E-state index contributed by atoms with van der Waals surface area (Å²) in [4.78, 5) is 20.8. The first kappa shape index (κ1) is 16.1. The summed E-state index contributed by atoms with van der Waals surface area (Å²) in [6.07, 6.45) is 0. The summed E-state index contributed by atoms with van der Waals surface area (Å²) in [5, 5.41) is 10.3. The van der Waals surface area contributed by atoms with Gasteiger partial charge in [-0.3, -0.25) is 9.59 Å². The second-order valence-electron chi connectivity index (χ2n) is 3.93. The molecule has 1 amide bonds. The zero-order valence-electron chi connectivity index (χ0n) is 10.5. The Hall–Kier alpha value is -2.00. The highest BCUT2D eigenvalue weighted by Gasteiger charge is 2.20. The van der Waals surface area contributed by atoms with E-state index in [0.717, 1.165) is 12.1 Å². The quantitative estimate of drug-likeness (QED) is 0.663. The van der Waals surface area contributed by atoms with E-state index in [2.05, 4.69) is 0 Å². The van der Waals surface area contributed by atoms with Crippen molar-refractivity contribution >= 4 is 21.9 Å². The lowest BCUT2D eigenvalue weighted by Gasteiger charge is -2.08. The highest BCUT2D eigenvalue weighted by molar-refractivity contribution is 7.89. The Morgan fingerprint density at radius 1 is 1.30 bits per heavy atom. The number of nitrogens with one attached hydrogen (secondary N) is 2. The number of hydrogen-bond acceptors (Lipinski definition) is 4. The number of aliphatic carboxylic acids is 1. The minimum Gasteiger partial charge on any atom is -0.480 e. The molecule has 1 rings (SSSR count). The van der Waals surface area contributed by atoms with Crippen LogP contribution >= 0.6 is 0 Å². The monoisotopic (exact) mass is 304 g/mol. The molecule has 1 aromatic carbocycles. The molecule has 0 spiro atoms. The number of carboxylic acid groups (broad SMARTS) is 1. The van der Waals surface area contributed by atoms with E-state index in [4.69, 9.17) is 5.11 Å². The number of amides is 1. The molecule has 0 radical (unpaired) electrons. The summed E-state index contributed by atoms with van der Waals surface area (Å²) in [5.74, 6) is -3.02. The third-order valence-corrected chi connectivity index (χ3v) is 3.65. The summed E-state index contributed by atoms with van der Waals surface area (Å²) in [6.45, 7) is 0.292. The molecule has 9 heteroatoms. The average Bonchev–Trinajstić information content (AvgIpc) is 2.36. The molecule has 20 heavy (non-hydrogen) atoms. The van der Waals surface area contributed by atoms with Gasteiger partial charge in [0.1, 0.15) is 17.3 Å². The van der Waals surface area contributed by atoms with Gasteiger partial charge in [0.15, 0.2) is 0 Å². The average molecular weight is 304 g/mol. The maximum Gasteiger partial charge on any atom is 0.322 e. The van der Waals surface area contributed by atoms with Crippen molar-refractivity contribution in [3.63, 3.8) is 0 Å². The molecule has 0 aromatic heterocycles. The molecule has 0 fully saturated rings. The van der Waals surface area contributed by atoms with Gasteiger partial charge in [-0.25, -0.2) is 17.5 Å². The third-order valence-electron chi connectivity index (χ3n) is 2.24. The van der Waals surface area contributed by atoms with Gasteiger partial charge in [0.05, 0.1) is 6.54 Å². The molecule has 0 unspecified atom stereocenters. The number of carbonyl (C=O) groups excluding carboxylic acids is 1. The van der Waals surface area contributed by atoms with Crippen LogP contribution in [0.25, 0.3) is 0 Å². The summed E-state index contributed by atoms with van der Waals surface area (Å²) in [5.41, 5.74) is 0.544. The van der Waals surface area contributed by atoms with E-state index >= 15 is 0 Å². The zero-order valence-corrected chi connectivity index (χ0v) is 11.3. The summed E-state index contributed by atoms with van der Waals surface area (Å²) >= 11 is 0. The Morgan fingerprint density at radius 3 is 2.55 bits per heavy atom. The van der Waals surface area contributed by atoms with Crippen LogP contribution in [-0.2, 0) is 19.6 Å². The maximum absolute atomic E-state index is 13.4. The Balaban J connectivity index is 2.73. The zero-order chi connectivity index (χ0) is 15.3. The van der Waals surface area contributed by atoms with Crippen molar-refractivity contribution < 1.29 is 27.5 Å². The number of carbonyl (C=O) groups is 2. The van der Waals surface area contributed by atoms with Crippen LogP contribution in [0.4, 0.5) is 4.39 Å². The second-order valence-corrected chi connectivity index (χ2v) is 5.66. The fourth-order valence-corrected chi connectivity index (χ4v) is 2.43. The van der Waals surface area contributed by atoms with Gasteiger partial charge in [0, 0.05) is 0 Å². The van der Waals surface area contributed by atoms with Crippen molar-refractivity contribution in [2.45, 2.75) is 11.8 Å². The van der Waals surface area contributed by atoms with Crippen LogP contribution in [0.15, 0.2) is 23.1 Å². The highest BCUT2D eigenvalue weighted by atomic mass is 32.2. The Morgan fingerprint density at radius 2 is 1.95 bits per heavy atom. The van der Waals surface area contributed by atoms with Gasteiger partial charge < -0.3 is 10.4 Å². The predicted octanol–water partition coefficient (Wildman–Crippen LogP) is -0.387. The first-order valence-corrected chi connectivity index (χ1v) is 6.95. The number of sulfonamides is 1. The van der Waals surface area contributed by atoms with Crippen LogP contribution in [0.2, 0.25) is 0 Å². The lowest BCUT2D eigenvalue weighted by Crippen LogP contribution is -2.39. The fraction of sp³-hybridized carbons (Fsp3) is 0.273. The van der Waals surface area contributed by atoms with Crippen molar-refractivity contribution in [3.05, 3.63) is 29.6 Å². The van der Waals surface area contributed by atoms with Crippen molar-refractivity contribution in [3.8, 4) is 0 Å². The van der Waals surface area contributed by atoms with Crippen molar-refractivity contribution in [2.24, 2.45) is 0 Å². The number of benzene rings is 1. The molecule has 0 saturated carbocycles. The van der Waals surface area contributed by atoms with Crippen LogP contribution in [0.5, 0.6) is 0 Å². The van der Waals surface area contributed by atoms with E-state index in [1.165, 1.54) is 6.07 Å². The first-order chi connectivity index (χ1) is 9.22. The molecule has 0 atom stereocenters. The van der Waals surface area contributed by atoms with E-state index < -0.39 is 45.7 Å². The molecule has 7 nitrogen and oxygen atoms in total. The Labute approximate surface area is 114 Å². The molecule has 3 N–H and O–H groups in total. The molecule has 0 aliphatic carbocycles. The van der Waals surface area contributed by atoms with Crippen LogP contribution < -0.4 is 10.0 Å². The topological polar surface area (TPSA) is 113 Å². The molecule has 0 aliphatic heterocycles. The largest absolute Gasteiger partial charge is 0.480 e. The minimum atomic E-state index is -4.18. The smallest absolute Gasteiger partial charge is 0.322 e. The number of hydrogen-bond donors (Lipinski definition) is 3. The summed E-state index contributed by atoms with van der Waals surface area (Å²) in [6, 6.07) is 3.55. The van der Waals surface area contributed by atoms with Crippen molar-refractivity contribution in [1.82, 2.24) is 10.0 Å². The second kappa shape index (κ2) is 6.44. The van der Waals surface area contributed by atoms with Crippen LogP contribution in [-0.4, -0.2) is 38.5 Å². The molecule has 0 saturated heterocycles. The normalized spacial score (nSPS) is 11.1. The Bertz CT molecular complexity index is 630. The molecular weight excluding hydrogens is 291 g/mol. The number of aryl methyl sites for hydroxylation is 1.